The van der Waals surface area contributed by atoms with Gasteiger partial charge in [0, 0.05) is 25.5 Å². The van der Waals surface area contributed by atoms with Crippen molar-refractivity contribution in [3.05, 3.63) is 77.6 Å². The van der Waals surface area contributed by atoms with Gasteiger partial charge in [-0.3, -0.25) is 9.78 Å². The minimum Gasteiger partial charge on any atom is -0.336 e. The molecule has 0 fully saturated rings. The molecule has 3 aromatic rings. The van der Waals surface area contributed by atoms with Crippen LogP contribution in [0.4, 0.5) is 8.78 Å². The third-order valence-electron chi connectivity index (χ3n) is 4.81. The Bertz CT molecular complexity index is 1070. The van der Waals surface area contributed by atoms with E-state index in [0.29, 0.717) is 48.3 Å². The summed E-state index contributed by atoms with van der Waals surface area (Å²) in [5.41, 5.74) is 2.05. The van der Waals surface area contributed by atoms with Crippen molar-refractivity contribution in [1.29, 1.82) is 5.26 Å². The maximum absolute atomic E-state index is 14.0. The molecule has 2 heterocycles. The van der Waals surface area contributed by atoms with Crippen LogP contribution >= 0.6 is 0 Å². The Morgan fingerprint density at radius 2 is 1.97 bits per heavy atom. The van der Waals surface area contributed by atoms with Gasteiger partial charge >= 0.3 is 0 Å². The summed E-state index contributed by atoms with van der Waals surface area (Å²) in [6.07, 6.45) is 6.17. The fourth-order valence-corrected chi connectivity index (χ4v) is 3.24. The van der Waals surface area contributed by atoms with Crippen molar-refractivity contribution in [3.63, 3.8) is 0 Å². The lowest BCUT2D eigenvalue weighted by atomic mass is 10.0. The van der Waals surface area contributed by atoms with E-state index < -0.39 is 12.5 Å². The monoisotopic (exact) mass is 421 g/mol. The van der Waals surface area contributed by atoms with Crippen LogP contribution in [0.15, 0.2) is 55.1 Å². The number of hydrogen-bond donors (Lipinski definition) is 0. The zero-order valence-corrected chi connectivity index (χ0v) is 16.8. The van der Waals surface area contributed by atoms with Crippen LogP contribution in [-0.2, 0) is 6.42 Å². The Labute approximate surface area is 179 Å². The number of halogens is 2. The molecule has 0 bridgehead atoms. The Hall–Kier alpha value is -3.73. The predicted octanol–water partition coefficient (Wildman–Crippen LogP) is 3.98. The number of alkyl halides is 1. The van der Waals surface area contributed by atoms with Crippen molar-refractivity contribution in [3.8, 4) is 17.5 Å². The summed E-state index contributed by atoms with van der Waals surface area (Å²) in [5.74, 6) is -0.746. The number of nitriles is 1. The molecule has 1 amide bonds. The standard InChI is InChI=1S/C23H21F2N5O/c24-9-13-30(12-2-1-4-18-7-6-17(15-26)14-20(18)25)23(31)19-5-3-10-28-22(19)21-8-11-27-16-29-21/h3,5-8,10-11,14,16H,1-2,4,9,12-13H2. The minimum absolute atomic E-state index is 0.0395. The van der Waals surface area contributed by atoms with Gasteiger partial charge in [0.2, 0.25) is 0 Å². The molecule has 0 unspecified atom stereocenters. The Morgan fingerprint density at radius 1 is 1.10 bits per heavy atom. The van der Waals surface area contributed by atoms with E-state index in [4.69, 9.17) is 5.26 Å². The fraction of sp³-hybridized carbons (Fsp3) is 0.261. The molecule has 0 N–H and O–H groups in total. The van der Waals surface area contributed by atoms with Crippen LogP contribution in [0.25, 0.3) is 11.4 Å². The second-order valence-corrected chi connectivity index (χ2v) is 6.85. The summed E-state index contributed by atoms with van der Waals surface area (Å²) >= 11 is 0. The van der Waals surface area contributed by atoms with Gasteiger partial charge in [0.05, 0.1) is 22.9 Å². The molecule has 1 aromatic carbocycles. The predicted molar refractivity (Wildman–Crippen MR) is 111 cm³/mol. The second-order valence-electron chi connectivity index (χ2n) is 6.85. The third kappa shape index (κ3) is 5.66. The molecule has 0 aliphatic heterocycles. The molecule has 0 aliphatic carbocycles. The first-order valence-corrected chi connectivity index (χ1v) is 9.89. The van der Waals surface area contributed by atoms with Crippen LogP contribution in [0, 0.1) is 17.1 Å². The molecule has 0 atom stereocenters. The van der Waals surface area contributed by atoms with Gasteiger partial charge in [0.15, 0.2) is 0 Å². The molecule has 0 spiro atoms. The van der Waals surface area contributed by atoms with Crippen molar-refractivity contribution in [2.24, 2.45) is 0 Å². The summed E-state index contributed by atoms with van der Waals surface area (Å²) in [5, 5.41) is 8.82. The molecule has 8 heteroatoms. The molecule has 2 aromatic heterocycles. The number of unbranched alkanes of at least 4 members (excludes halogenated alkanes) is 1. The van der Waals surface area contributed by atoms with Crippen LogP contribution in [0.2, 0.25) is 0 Å². The van der Waals surface area contributed by atoms with Gasteiger partial charge < -0.3 is 4.90 Å². The lowest BCUT2D eigenvalue weighted by molar-refractivity contribution is 0.0742. The van der Waals surface area contributed by atoms with Gasteiger partial charge in [-0.2, -0.15) is 5.26 Å². The lowest BCUT2D eigenvalue weighted by Crippen LogP contribution is -2.34. The molecule has 0 aliphatic rings. The zero-order chi connectivity index (χ0) is 22.1. The highest BCUT2D eigenvalue weighted by Crippen LogP contribution is 2.20. The van der Waals surface area contributed by atoms with Crippen molar-refractivity contribution >= 4 is 5.91 Å². The molecule has 31 heavy (non-hydrogen) atoms. The van der Waals surface area contributed by atoms with Crippen LogP contribution in [-0.4, -0.2) is 45.5 Å². The first-order valence-electron chi connectivity index (χ1n) is 9.89. The fourth-order valence-electron chi connectivity index (χ4n) is 3.24. The summed E-state index contributed by atoms with van der Waals surface area (Å²) in [6, 6.07) is 11.2. The molecular weight excluding hydrogens is 400 g/mol. The number of aryl methyl sites for hydroxylation is 1. The highest BCUT2D eigenvalue weighted by atomic mass is 19.1. The van der Waals surface area contributed by atoms with Crippen LogP contribution in [0.1, 0.15) is 34.3 Å². The summed E-state index contributed by atoms with van der Waals surface area (Å²) in [4.78, 5) is 26.8. The highest BCUT2D eigenvalue weighted by molar-refractivity contribution is 5.99. The van der Waals surface area contributed by atoms with Gasteiger partial charge in [0.1, 0.15) is 24.5 Å². The van der Waals surface area contributed by atoms with Crippen molar-refractivity contribution < 1.29 is 13.6 Å². The van der Waals surface area contributed by atoms with Crippen LogP contribution in [0.5, 0.6) is 0 Å². The maximum atomic E-state index is 14.0. The van der Waals surface area contributed by atoms with Crippen molar-refractivity contribution in [2.45, 2.75) is 19.3 Å². The number of nitrogens with zero attached hydrogens (tertiary/aromatic N) is 5. The number of carbonyl (C=O) groups is 1. The molecule has 0 saturated heterocycles. The first kappa shape index (κ1) is 22.0. The van der Waals surface area contributed by atoms with E-state index >= 15 is 0 Å². The van der Waals surface area contributed by atoms with E-state index in [-0.39, 0.29) is 18.0 Å². The van der Waals surface area contributed by atoms with Crippen LogP contribution < -0.4 is 0 Å². The number of hydrogen-bond acceptors (Lipinski definition) is 5. The Morgan fingerprint density at radius 3 is 2.68 bits per heavy atom. The minimum atomic E-state index is -0.668. The van der Waals surface area contributed by atoms with E-state index in [1.807, 2.05) is 6.07 Å². The zero-order valence-electron chi connectivity index (χ0n) is 16.8. The molecule has 158 valence electrons. The average Bonchev–Trinajstić information content (AvgIpc) is 2.82. The smallest absolute Gasteiger partial charge is 0.256 e. The van der Waals surface area contributed by atoms with Crippen molar-refractivity contribution in [1.82, 2.24) is 19.9 Å². The summed E-state index contributed by atoms with van der Waals surface area (Å²) in [6.45, 7) is -0.375. The second kappa shape index (κ2) is 10.9. The van der Waals surface area contributed by atoms with Gasteiger partial charge in [-0.25, -0.2) is 18.7 Å². The van der Waals surface area contributed by atoms with E-state index in [9.17, 15) is 13.6 Å². The molecule has 0 saturated carbocycles. The normalized spacial score (nSPS) is 10.5. The van der Waals surface area contributed by atoms with E-state index in [0.717, 1.165) is 0 Å². The SMILES string of the molecule is N#Cc1ccc(CCCCN(CCF)C(=O)c2cccnc2-c2ccncn2)c(F)c1. The highest BCUT2D eigenvalue weighted by Gasteiger charge is 2.20. The molecular formula is C23H21F2N5O. The van der Waals surface area contributed by atoms with Gasteiger partial charge in [-0.15, -0.1) is 0 Å². The number of pyridine rings is 1. The summed E-state index contributed by atoms with van der Waals surface area (Å²) < 4.78 is 27.2. The summed E-state index contributed by atoms with van der Waals surface area (Å²) in [7, 11) is 0. The number of rotatable bonds is 9. The largest absolute Gasteiger partial charge is 0.336 e. The number of amides is 1. The Balaban J connectivity index is 1.66. The van der Waals surface area contributed by atoms with Gasteiger partial charge in [-0.05, 0) is 55.2 Å². The lowest BCUT2D eigenvalue weighted by Gasteiger charge is -2.22. The topological polar surface area (TPSA) is 82.8 Å². The van der Waals surface area contributed by atoms with Crippen LogP contribution in [0.3, 0.4) is 0 Å². The Kier molecular flexibility index (Phi) is 7.71. The average molecular weight is 421 g/mol. The van der Waals surface area contributed by atoms with Gasteiger partial charge in [0.25, 0.3) is 5.91 Å². The van der Waals surface area contributed by atoms with Gasteiger partial charge in [-0.1, -0.05) is 6.07 Å². The maximum Gasteiger partial charge on any atom is 0.256 e. The van der Waals surface area contributed by atoms with E-state index in [1.165, 1.54) is 17.3 Å². The molecule has 6 nitrogen and oxygen atoms in total. The quantitative estimate of drug-likeness (QED) is 0.488. The van der Waals surface area contributed by atoms with E-state index in [2.05, 4.69) is 15.0 Å². The molecule has 0 radical (unpaired) electrons. The van der Waals surface area contributed by atoms with Crippen molar-refractivity contribution in [2.75, 3.05) is 19.8 Å². The van der Waals surface area contributed by atoms with E-state index in [1.54, 1.807) is 42.7 Å². The number of aromatic nitrogens is 3. The third-order valence-corrected chi connectivity index (χ3v) is 4.81. The number of benzene rings is 1. The molecule has 3 rings (SSSR count). The first-order chi connectivity index (χ1) is 15.1. The number of carbonyl (C=O) groups excluding carboxylic acids is 1.